The first-order valence-electron chi connectivity index (χ1n) is 7.59. The molecular formula is C16H25NO3S. The van der Waals surface area contributed by atoms with Gasteiger partial charge in [0.1, 0.15) is 9.84 Å². The van der Waals surface area contributed by atoms with Crippen LogP contribution in [0.25, 0.3) is 0 Å². The molecule has 1 aromatic rings. The Balaban J connectivity index is 1.83. The van der Waals surface area contributed by atoms with E-state index in [2.05, 4.69) is 31.3 Å². The minimum absolute atomic E-state index is 0.193. The number of sulfone groups is 1. The maximum Gasteiger partial charge on any atom is 0.150 e. The SMILES string of the molecule is CC(C)c1ccc(C(O)CNC2CCS(=O)(=O)CC2)cc1. The molecule has 0 bridgehead atoms. The van der Waals surface area contributed by atoms with Crippen LogP contribution in [-0.4, -0.2) is 37.6 Å². The summed E-state index contributed by atoms with van der Waals surface area (Å²) in [6.07, 6.45) is 0.729. The lowest BCUT2D eigenvalue weighted by Crippen LogP contribution is -2.39. The fraction of sp³-hybridized carbons (Fsp3) is 0.625. The zero-order valence-corrected chi connectivity index (χ0v) is 13.6. The van der Waals surface area contributed by atoms with Crippen molar-refractivity contribution in [3.05, 3.63) is 35.4 Å². The summed E-state index contributed by atoms with van der Waals surface area (Å²) in [4.78, 5) is 0. The third-order valence-electron chi connectivity index (χ3n) is 4.14. The molecule has 1 heterocycles. The van der Waals surface area contributed by atoms with E-state index in [0.717, 1.165) is 5.56 Å². The highest BCUT2D eigenvalue weighted by molar-refractivity contribution is 7.91. The van der Waals surface area contributed by atoms with Crippen LogP contribution in [-0.2, 0) is 9.84 Å². The van der Waals surface area contributed by atoms with E-state index in [1.807, 2.05) is 12.1 Å². The first-order valence-corrected chi connectivity index (χ1v) is 9.41. The molecule has 1 saturated heterocycles. The summed E-state index contributed by atoms with van der Waals surface area (Å²) in [5, 5.41) is 13.5. The molecule has 1 aliphatic rings. The van der Waals surface area contributed by atoms with E-state index < -0.39 is 15.9 Å². The van der Waals surface area contributed by atoms with Gasteiger partial charge < -0.3 is 10.4 Å². The summed E-state index contributed by atoms with van der Waals surface area (Å²) in [5.41, 5.74) is 2.16. The van der Waals surface area contributed by atoms with Crippen molar-refractivity contribution in [2.24, 2.45) is 0 Å². The number of aliphatic hydroxyl groups is 1. The maximum absolute atomic E-state index is 11.4. The van der Waals surface area contributed by atoms with Gasteiger partial charge in [-0.2, -0.15) is 0 Å². The zero-order chi connectivity index (χ0) is 15.5. The molecule has 1 atom stereocenters. The molecule has 1 unspecified atom stereocenters. The fourth-order valence-corrected chi connectivity index (χ4v) is 4.08. The zero-order valence-electron chi connectivity index (χ0n) is 12.7. The van der Waals surface area contributed by atoms with Gasteiger partial charge in [-0.25, -0.2) is 8.42 Å². The van der Waals surface area contributed by atoms with Crippen molar-refractivity contribution in [3.63, 3.8) is 0 Å². The lowest BCUT2D eigenvalue weighted by atomic mass is 10.00. The van der Waals surface area contributed by atoms with Crippen LogP contribution in [0.2, 0.25) is 0 Å². The standard InChI is InChI=1S/C16H25NO3S/c1-12(2)13-3-5-14(6-4-13)16(18)11-17-15-7-9-21(19,20)10-8-15/h3-6,12,15-18H,7-11H2,1-2H3. The highest BCUT2D eigenvalue weighted by Gasteiger charge is 2.23. The summed E-state index contributed by atoms with van der Waals surface area (Å²) in [7, 11) is -2.82. The van der Waals surface area contributed by atoms with Gasteiger partial charge in [-0.15, -0.1) is 0 Å². The Labute approximate surface area is 127 Å². The first kappa shape index (κ1) is 16.5. The number of rotatable bonds is 5. The number of hydrogen-bond acceptors (Lipinski definition) is 4. The smallest absolute Gasteiger partial charge is 0.150 e. The van der Waals surface area contributed by atoms with Crippen molar-refractivity contribution < 1.29 is 13.5 Å². The minimum Gasteiger partial charge on any atom is -0.387 e. The van der Waals surface area contributed by atoms with Crippen LogP contribution in [0.1, 0.15) is 49.8 Å². The molecule has 1 aliphatic heterocycles. The average Bonchev–Trinajstić information content (AvgIpc) is 2.46. The Morgan fingerprint density at radius 1 is 1.14 bits per heavy atom. The predicted octanol–water partition coefficient (Wildman–Crippen LogP) is 2.01. The summed E-state index contributed by atoms with van der Waals surface area (Å²) < 4.78 is 22.7. The van der Waals surface area contributed by atoms with Crippen LogP contribution < -0.4 is 5.32 Å². The molecule has 0 aliphatic carbocycles. The van der Waals surface area contributed by atoms with E-state index in [9.17, 15) is 13.5 Å². The normalized spacial score (nSPS) is 20.6. The lowest BCUT2D eigenvalue weighted by molar-refractivity contribution is 0.168. The van der Waals surface area contributed by atoms with Gasteiger partial charge in [0.2, 0.25) is 0 Å². The van der Waals surface area contributed by atoms with E-state index in [-0.39, 0.29) is 17.5 Å². The lowest BCUT2D eigenvalue weighted by Gasteiger charge is -2.24. The Hall–Kier alpha value is -0.910. The van der Waals surface area contributed by atoms with Crippen LogP contribution in [0.3, 0.4) is 0 Å². The molecular weight excluding hydrogens is 286 g/mol. The first-order chi connectivity index (χ1) is 9.87. The summed E-state index contributed by atoms with van der Waals surface area (Å²) in [6, 6.07) is 8.23. The monoisotopic (exact) mass is 311 g/mol. The third kappa shape index (κ3) is 4.80. The molecule has 118 valence electrons. The summed E-state index contributed by atoms with van der Waals surface area (Å²) >= 11 is 0. The molecule has 2 N–H and O–H groups in total. The van der Waals surface area contributed by atoms with Gasteiger partial charge in [0.05, 0.1) is 17.6 Å². The third-order valence-corrected chi connectivity index (χ3v) is 5.86. The molecule has 0 radical (unpaired) electrons. The van der Waals surface area contributed by atoms with Crippen molar-refractivity contribution in [1.82, 2.24) is 5.32 Å². The second-order valence-electron chi connectivity index (χ2n) is 6.17. The minimum atomic E-state index is -2.82. The Morgan fingerprint density at radius 2 is 1.67 bits per heavy atom. The second-order valence-corrected chi connectivity index (χ2v) is 8.48. The summed E-state index contributed by atoms with van der Waals surface area (Å²) in [6.45, 7) is 4.75. The largest absolute Gasteiger partial charge is 0.387 e. The van der Waals surface area contributed by atoms with E-state index >= 15 is 0 Å². The van der Waals surface area contributed by atoms with Crippen LogP contribution in [0.5, 0.6) is 0 Å². The topological polar surface area (TPSA) is 66.4 Å². The molecule has 0 aromatic heterocycles. The number of aliphatic hydroxyl groups excluding tert-OH is 1. The van der Waals surface area contributed by atoms with Crippen LogP contribution >= 0.6 is 0 Å². The molecule has 1 fully saturated rings. The molecule has 5 heteroatoms. The van der Waals surface area contributed by atoms with Gasteiger partial charge in [-0.05, 0) is 29.9 Å². The van der Waals surface area contributed by atoms with Gasteiger partial charge in [-0.3, -0.25) is 0 Å². The Bertz CT molecular complexity index is 537. The fourth-order valence-electron chi connectivity index (χ4n) is 2.59. The van der Waals surface area contributed by atoms with Gasteiger partial charge in [0.15, 0.2) is 0 Å². The second kappa shape index (κ2) is 6.90. The predicted molar refractivity (Wildman–Crippen MR) is 85.2 cm³/mol. The highest BCUT2D eigenvalue weighted by atomic mass is 32.2. The van der Waals surface area contributed by atoms with Crippen molar-refractivity contribution in [3.8, 4) is 0 Å². The molecule has 2 rings (SSSR count). The molecule has 1 aromatic carbocycles. The van der Waals surface area contributed by atoms with Gasteiger partial charge in [0.25, 0.3) is 0 Å². The van der Waals surface area contributed by atoms with Gasteiger partial charge in [-0.1, -0.05) is 38.1 Å². The van der Waals surface area contributed by atoms with Crippen LogP contribution in [0.4, 0.5) is 0 Å². The van der Waals surface area contributed by atoms with Gasteiger partial charge >= 0.3 is 0 Å². The highest BCUT2D eigenvalue weighted by Crippen LogP contribution is 2.19. The quantitative estimate of drug-likeness (QED) is 0.873. The molecule has 0 saturated carbocycles. The van der Waals surface area contributed by atoms with Gasteiger partial charge in [0, 0.05) is 12.6 Å². The molecule has 0 amide bonds. The summed E-state index contributed by atoms with van der Waals surface area (Å²) in [5.74, 6) is 0.992. The molecule has 0 spiro atoms. The van der Waals surface area contributed by atoms with E-state index in [1.165, 1.54) is 5.56 Å². The van der Waals surface area contributed by atoms with E-state index in [1.54, 1.807) is 0 Å². The molecule has 21 heavy (non-hydrogen) atoms. The van der Waals surface area contributed by atoms with Crippen molar-refractivity contribution >= 4 is 9.84 Å². The van der Waals surface area contributed by atoms with Crippen LogP contribution in [0.15, 0.2) is 24.3 Å². The molecule has 4 nitrogen and oxygen atoms in total. The van der Waals surface area contributed by atoms with E-state index in [4.69, 9.17) is 0 Å². The number of hydrogen-bond donors (Lipinski definition) is 2. The Morgan fingerprint density at radius 3 is 2.19 bits per heavy atom. The van der Waals surface area contributed by atoms with Crippen molar-refractivity contribution in [2.45, 2.75) is 44.8 Å². The van der Waals surface area contributed by atoms with Crippen molar-refractivity contribution in [1.29, 1.82) is 0 Å². The number of benzene rings is 1. The number of nitrogens with one attached hydrogen (secondary N) is 1. The van der Waals surface area contributed by atoms with Crippen molar-refractivity contribution in [2.75, 3.05) is 18.1 Å². The Kier molecular flexibility index (Phi) is 5.41. The maximum atomic E-state index is 11.4. The average molecular weight is 311 g/mol. The van der Waals surface area contributed by atoms with Crippen LogP contribution in [0, 0.1) is 0 Å². The van der Waals surface area contributed by atoms with E-state index in [0.29, 0.717) is 25.3 Å².